The Hall–Kier alpha value is -4.26. The molecule has 0 spiro atoms. The summed E-state index contributed by atoms with van der Waals surface area (Å²) >= 11 is 0. The lowest BCUT2D eigenvalue weighted by molar-refractivity contribution is -0.137. The van der Waals surface area contributed by atoms with E-state index in [-0.39, 0.29) is 19.1 Å². The summed E-state index contributed by atoms with van der Waals surface area (Å²) in [5.74, 6) is -0.0729. The third kappa shape index (κ3) is 7.13. The number of aromatic amines is 1. The number of H-pyrrole nitrogens is 1. The molecule has 0 saturated heterocycles. The maximum absolute atomic E-state index is 12.2. The lowest BCUT2D eigenvalue weighted by Crippen LogP contribution is -2.22. The van der Waals surface area contributed by atoms with Gasteiger partial charge in [-0.1, -0.05) is 68.4 Å². The molecule has 2 atom stereocenters. The summed E-state index contributed by atoms with van der Waals surface area (Å²) in [5.41, 5.74) is 3.69. The van der Waals surface area contributed by atoms with Crippen LogP contribution in [0.5, 0.6) is 0 Å². The van der Waals surface area contributed by atoms with Crippen molar-refractivity contribution in [3.8, 4) is 11.1 Å². The zero-order chi connectivity index (χ0) is 26.0. The minimum atomic E-state index is -0.927. The first-order valence-corrected chi connectivity index (χ1v) is 12.5. The number of aliphatic imine (C=N–C) groups is 1. The Bertz CT molecular complexity index is 1290. The Morgan fingerprint density at radius 3 is 2.41 bits per heavy atom. The van der Waals surface area contributed by atoms with E-state index in [2.05, 4.69) is 28.8 Å². The van der Waals surface area contributed by atoms with E-state index in [0.717, 1.165) is 34.5 Å². The number of nitrogens with zero attached hydrogens (tertiary/aromatic N) is 3. The maximum Gasteiger partial charge on any atom is 0.304 e. The Kier molecular flexibility index (Phi) is 8.81. The molecule has 0 fully saturated rings. The highest BCUT2D eigenvalue weighted by Crippen LogP contribution is 2.34. The number of benzene rings is 2. The fourth-order valence-electron chi connectivity index (χ4n) is 4.34. The summed E-state index contributed by atoms with van der Waals surface area (Å²) in [7, 11) is 0. The number of nitrogens with one attached hydrogen (secondary N) is 1. The molecule has 190 valence electrons. The molecule has 0 bridgehead atoms. The number of aliphatic carboxylic acids is 1. The quantitative estimate of drug-likeness (QED) is 0.184. The molecule has 0 aliphatic heterocycles. The lowest BCUT2D eigenvalue weighted by Gasteiger charge is -2.24. The van der Waals surface area contributed by atoms with E-state index in [1.807, 2.05) is 66.7 Å². The van der Waals surface area contributed by atoms with E-state index in [0.29, 0.717) is 11.8 Å². The van der Waals surface area contributed by atoms with Crippen LogP contribution in [0.25, 0.3) is 11.1 Å². The van der Waals surface area contributed by atoms with Crippen LogP contribution in [0, 0.1) is 5.92 Å². The molecule has 0 unspecified atom stereocenters. The van der Waals surface area contributed by atoms with E-state index in [9.17, 15) is 9.90 Å². The van der Waals surface area contributed by atoms with Crippen LogP contribution in [0.3, 0.4) is 0 Å². The maximum atomic E-state index is 12.2. The first-order chi connectivity index (χ1) is 18.0. The summed E-state index contributed by atoms with van der Waals surface area (Å²) in [4.78, 5) is 29.0. The van der Waals surface area contributed by atoms with Gasteiger partial charge in [0.2, 0.25) is 0 Å². The molecule has 2 aromatic carbocycles. The van der Waals surface area contributed by atoms with Gasteiger partial charge in [0, 0.05) is 24.8 Å². The average molecular weight is 497 g/mol. The Morgan fingerprint density at radius 2 is 1.73 bits per heavy atom. The normalized spacial score (nSPS) is 13.3. The highest BCUT2D eigenvalue weighted by atomic mass is 16.5. The second kappa shape index (κ2) is 12.6. The molecular formula is C30H32N4O3. The van der Waals surface area contributed by atoms with Gasteiger partial charge < -0.3 is 14.8 Å². The third-order valence-corrected chi connectivity index (χ3v) is 6.05. The molecule has 0 aliphatic carbocycles. The number of aromatic nitrogens is 3. The Balaban J connectivity index is 1.82. The minimum Gasteiger partial charge on any atom is -0.481 e. The second-order valence-electron chi connectivity index (χ2n) is 9.33. The second-order valence-corrected chi connectivity index (χ2v) is 9.33. The predicted octanol–water partition coefficient (Wildman–Crippen LogP) is 6.43. The fraction of sp³-hybridized carbons (Fsp3) is 0.267. The first-order valence-electron chi connectivity index (χ1n) is 12.5. The van der Waals surface area contributed by atoms with Crippen molar-refractivity contribution in [1.82, 2.24) is 15.0 Å². The van der Waals surface area contributed by atoms with Crippen LogP contribution in [-0.2, 0) is 16.1 Å². The zero-order valence-corrected chi connectivity index (χ0v) is 21.1. The molecule has 4 aromatic rings. The Morgan fingerprint density at radius 1 is 1.00 bits per heavy atom. The van der Waals surface area contributed by atoms with Gasteiger partial charge in [-0.2, -0.15) is 0 Å². The van der Waals surface area contributed by atoms with Crippen molar-refractivity contribution in [2.24, 2.45) is 10.9 Å². The number of carboxylic acids is 1. The van der Waals surface area contributed by atoms with Crippen LogP contribution in [0.4, 0.5) is 0 Å². The molecule has 7 nitrogen and oxygen atoms in total. The molecule has 0 saturated carbocycles. The number of rotatable bonds is 11. The lowest BCUT2D eigenvalue weighted by atomic mass is 9.88. The van der Waals surface area contributed by atoms with Crippen molar-refractivity contribution in [1.29, 1.82) is 0 Å². The van der Waals surface area contributed by atoms with Crippen LogP contribution < -0.4 is 0 Å². The molecule has 2 N–H and O–H groups in total. The summed E-state index contributed by atoms with van der Waals surface area (Å²) in [6.07, 6.45) is 7.51. The molecule has 0 amide bonds. The summed E-state index contributed by atoms with van der Waals surface area (Å²) in [6, 6.07) is 21.2. The van der Waals surface area contributed by atoms with Gasteiger partial charge in [-0.25, -0.2) is 9.98 Å². The molecule has 0 aliphatic rings. The summed E-state index contributed by atoms with van der Waals surface area (Å²) in [5, 5.41) is 9.97. The number of imidazole rings is 1. The molecule has 2 aromatic heterocycles. The van der Waals surface area contributed by atoms with Gasteiger partial charge in [0.15, 0.2) is 5.90 Å². The van der Waals surface area contributed by atoms with Gasteiger partial charge in [0.25, 0.3) is 0 Å². The van der Waals surface area contributed by atoms with E-state index in [4.69, 9.17) is 9.73 Å². The molecular weight excluding hydrogens is 464 g/mol. The molecule has 4 rings (SSSR count). The van der Waals surface area contributed by atoms with Crippen LogP contribution >= 0.6 is 0 Å². The SMILES string of the molecule is CC(C)C[C@H](N=C(OCc1ccccc1)[C@H](CC(=O)O)c1ccccc1-c1ccncc1)c1ncc[nH]1. The van der Waals surface area contributed by atoms with Crippen LogP contribution in [0.2, 0.25) is 0 Å². The molecule has 7 heteroatoms. The molecule has 0 radical (unpaired) electrons. The average Bonchev–Trinajstić information content (AvgIpc) is 3.45. The van der Waals surface area contributed by atoms with Crippen LogP contribution in [0.1, 0.15) is 55.6 Å². The number of hydrogen-bond donors (Lipinski definition) is 2. The van der Waals surface area contributed by atoms with Gasteiger partial charge in [0.1, 0.15) is 18.5 Å². The highest BCUT2D eigenvalue weighted by Gasteiger charge is 2.28. The summed E-state index contributed by atoms with van der Waals surface area (Å²) in [6.45, 7) is 4.53. The molecule has 37 heavy (non-hydrogen) atoms. The summed E-state index contributed by atoms with van der Waals surface area (Å²) < 4.78 is 6.38. The number of ether oxygens (including phenoxy) is 1. The monoisotopic (exact) mass is 496 g/mol. The van der Waals surface area contributed by atoms with E-state index < -0.39 is 11.9 Å². The predicted molar refractivity (Wildman–Crippen MR) is 144 cm³/mol. The topological polar surface area (TPSA) is 100 Å². The fourth-order valence-corrected chi connectivity index (χ4v) is 4.34. The van der Waals surface area contributed by atoms with Gasteiger partial charge in [-0.15, -0.1) is 0 Å². The van der Waals surface area contributed by atoms with E-state index in [1.54, 1.807) is 24.8 Å². The number of carboxylic acid groups (broad SMARTS) is 1. The van der Waals surface area contributed by atoms with Crippen molar-refractivity contribution >= 4 is 11.9 Å². The zero-order valence-electron chi connectivity index (χ0n) is 21.1. The number of carbonyl (C=O) groups is 1. The highest BCUT2D eigenvalue weighted by molar-refractivity contribution is 5.90. The van der Waals surface area contributed by atoms with Crippen molar-refractivity contribution in [2.75, 3.05) is 0 Å². The molecule has 2 heterocycles. The minimum absolute atomic E-state index is 0.164. The standard InChI is InChI=1S/C30H32N4O3/c1-21(2)18-27(29-32-16-17-33-29)34-30(37-20-22-8-4-3-5-9-22)26(19-28(35)36)25-11-7-6-10-24(25)23-12-14-31-15-13-23/h3-17,21,26-27H,18-20H2,1-2H3,(H,32,33)(H,35,36)/t26-,27+/m1/s1. The van der Waals surface area contributed by atoms with Crippen molar-refractivity contribution in [2.45, 2.75) is 45.3 Å². The van der Waals surface area contributed by atoms with Crippen molar-refractivity contribution in [3.63, 3.8) is 0 Å². The Labute approximate surface area is 217 Å². The largest absolute Gasteiger partial charge is 0.481 e. The number of hydrogen-bond acceptors (Lipinski definition) is 5. The van der Waals surface area contributed by atoms with E-state index in [1.165, 1.54) is 0 Å². The van der Waals surface area contributed by atoms with Gasteiger partial charge >= 0.3 is 5.97 Å². The van der Waals surface area contributed by atoms with Gasteiger partial charge in [-0.3, -0.25) is 9.78 Å². The van der Waals surface area contributed by atoms with Crippen LogP contribution in [-0.4, -0.2) is 31.9 Å². The van der Waals surface area contributed by atoms with Crippen LogP contribution in [0.15, 0.2) is 96.5 Å². The number of pyridine rings is 1. The smallest absolute Gasteiger partial charge is 0.304 e. The van der Waals surface area contributed by atoms with Crippen molar-refractivity contribution in [3.05, 3.63) is 108 Å². The third-order valence-electron chi connectivity index (χ3n) is 6.05. The van der Waals surface area contributed by atoms with Gasteiger partial charge in [-0.05, 0) is 46.7 Å². The van der Waals surface area contributed by atoms with Crippen molar-refractivity contribution < 1.29 is 14.6 Å². The van der Waals surface area contributed by atoms with Gasteiger partial charge in [0.05, 0.1) is 12.3 Å². The first kappa shape index (κ1) is 25.8. The van der Waals surface area contributed by atoms with E-state index >= 15 is 0 Å².